The van der Waals surface area contributed by atoms with Crippen LogP contribution in [0.25, 0.3) is 16.7 Å². The van der Waals surface area contributed by atoms with Crippen LogP contribution in [0.15, 0.2) is 60.8 Å². The highest BCUT2D eigenvalue weighted by Gasteiger charge is 2.28. The van der Waals surface area contributed by atoms with Crippen molar-refractivity contribution in [3.8, 4) is 5.69 Å². The van der Waals surface area contributed by atoms with Crippen molar-refractivity contribution in [2.75, 3.05) is 44.3 Å². The molecule has 0 N–H and O–H groups in total. The monoisotopic (exact) mass is 502 g/mol. The van der Waals surface area contributed by atoms with Gasteiger partial charge in [-0.05, 0) is 37.1 Å². The van der Waals surface area contributed by atoms with Gasteiger partial charge in [0, 0.05) is 45.3 Å². The van der Waals surface area contributed by atoms with E-state index in [1.54, 1.807) is 12.1 Å². The lowest BCUT2D eigenvalue weighted by Crippen LogP contribution is -2.49. The van der Waals surface area contributed by atoms with Gasteiger partial charge in [0.15, 0.2) is 5.65 Å². The Morgan fingerprint density at radius 3 is 2.39 bits per heavy atom. The number of anilines is 1. The van der Waals surface area contributed by atoms with Crippen molar-refractivity contribution in [2.45, 2.75) is 18.8 Å². The van der Waals surface area contributed by atoms with Crippen LogP contribution in [0.5, 0.6) is 0 Å². The predicted octanol–water partition coefficient (Wildman–Crippen LogP) is 4.33. The van der Waals surface area contributed by atoms with Crippen molar-refractivity contribution in [3.63, 3.8) is 0 Å². The number of para-hydroxylation sites is 1. The predicted molar refractivity (Wildman–Crippen MR) is 139 cm³/mol. The zero-order valence-corrected chi connectivity index (χ0v) is 20.6. The lowest BCUT2D eigenvalue weighted by Gasteiger charge is -2.36. The minimum absolute atomic E-state index is 0.0344. The third kappa shape index (κ3) is 4.31. The number of aromatic nitrogens is 4. The number of benzene rings is 2. The van der Waals surface area contributed by atoms with Gasteiger partial charge >= 0.3 is 0 Å². The van der Waals surface area contributed by atoms with Crippen LogP contribution in [0.3, 0.4) is 0 Å². The summed E-state index contributed by atoms with van der Waals surface area (Å²) in [6, 6.07) is 17.3. The maximum Gasteiger partial charge on any atom is 0.255 e. The molecule has 36 heavy (non-hydrogen) atoms. The summed E-state index contributed by atoms with van der Waals surface area (Å²) in [6.07, 6.45) is 3.67. The molecule has 0 spiro atoms. The molecule has 0 aliphatic carbocycles. The Hall–Kier alpha value is -3.49. The van der Waals surface area contributed by atoms with Gasteiger partial charge in [-0.15, -0.1) is 0 Å². The third-order valence-electron chi connectivity index (χ3n) is 6.98. The molecule has 9 heteroatoms. The lowest BCUT2D eigenvalue weighted by molar-refractivity contribution is 0.0746. The maximum absolute atomic E-state index is 13.1. The molecule has 2 fully saturated rings. The first-order valence-electron chi connectivity index (χ1n) is 12.4. The Labute approximate surface area is 214 Å². The highest BCUT2D eigenvalue weighted by atomic mass is 35.5. The second-order valence-electron chi connectivity index (χ2n) is 9.18. The third-order valence-corrected chi connectivity index (χ3v) is 7.31. The number of carbonyl (C=O) groups is 1. The first-order chi connectivity index (χ1) is 17.7. The lowest BCUT2D eigenvalue weighted by atomic mass is 9.99. The fourth-order valence-electron chi connectivity index (χ4n) is 4.97. The fourth-order valence-corrected chi connectivity index (χ4v) is 5.19. The second kappa shape index (κ2) is 9.87. The Bertz CT molecular complexity index is 1380. The summed E-state index contributed by atoms with van der Waals surface area (Å²) < 4.78 is 7.47. The molecule has 4 aromatic rings. The van der Waals surface area contributed by atoms with Gasteiger partial charge in [-0.1, -0.05) is 41.9 Å². The Balaban J connectivity index is 1.32. The molecular formula is C27H27ClN6O2. The number of nitrogens with zero attached hydrogens (tertiary/aromatic N) is 6. The zero-order valence-electron chi connectivity index (χ0n) is 19.9. The van der Waals surface area contributed by atoms with Crippen molar-refractivity contribution in [1.29, 1.82) is 0 Å². The van der Waals surface area contributed by atoms with Gasteiger partial charge in [0.1, 0.15) is 11.6 Å². The molecule has 0 atom stereocenters. The zero-order chi connectivity index (χ0) is 24.5. The minimum Gasteiger partial charge on any atom is -0.381 e. The van der Waals surface area contributed by atoms with Gasteiger partial charge < -0.3 is 14.5 Å². The van der Waals surface area contributed by atoms with E-state index in [1.165, 1.54) is 0 Å². The first-order valence-corrected chi connectivity index (χ1v) is 12.7. The van der Waals surface area contributed by atoms with E-state index in [0.29, 0.717) is 36.8 Å². The van der Waals surface area contributed by atoms with Crippen molar-refractivity contribution < 1.29 is 9.53 Å². The number of carbonyl (C=O) groups excluding carboxylic acids is 1. The average molecular weight is 503 g/mol. The molecule has 2 aliphatic heterocycles. The maximum atomic E-state index is 13.1. The molecule has 1 amide bonds. The summed E-state index contributed by atoms with van der Waals surface area (Å²) in [5.74, 6) is 1.94. The molecule has 6 rings (SSSR count). The molecule has 0 unspecified atom stereocenters. The summed E-state index contributed by atoms with van der Waals surface area (Å²) in [4.78, 5) is 27.3. The number of hydrogen-bond acceptors (Lipinski definition) is 6. The van der Waals surface area contributed by atoms with Crippen LogP contribution in [0.2, 0.25) is 5.02 Å². The minimum atomic E-state index is -0.0344. The summed E-state index contributed by atoms with van der Waals surface area (Å²) in [6.45, 7) is 3.98. The largest absolute Gasteiger partial charge is 0.381 e. The number of piperazine rings is 1. The standard InChI is InChI=1S/C27H27ClN6O2/c28-23-9-5-4-8-21(23)27(35)33-14-12-32(13-15-33)25-22-18-29-34(20-6-2-1-3-7-20)26(22)31-24(30-25)19-10-16-36-17-11-19/h1-9,18-19H,10-17H2. The van der Waals surface area contributed by atoms with Crippen LogP contribution in [0.1, 0.15) is 34.9 Å². The normalized spacial score (nSPS) is 17.0. The number of rotatable bonds is 4. The summed E-state index contributed by atoms with van der Waals surface area (Å²) in [5.41, 5.74) is 2.32. The topological polar surface area (TPSA) is 76.4 Å². The molecule has 0 saturated carbocycles. The average Bonchev–Trinajstić information content (AvgIpc) is 3.38. The van der Waals surface area contributed by atoms with Crippen LogP contribution in [0.4, 0.5) is 5.82 Å². The van der Waals surface area contributed by atoms with Crippen molar-refractivity contribution in [2.24, 2.45) is 0 Å². The van der Waals surface area contributed by atoms with Crippen LogP contribution in [-0.2, 0) is 4.74 Å². The molecule has 184 valence electrons. The van der Waals surface area contributed by atoms with E-state index in [4.69, 9.17) is 26.3 Å². The van der Waals surface area contributed by atoms with Crippen LogP contribution in [0, 0.1) is 0 Å². The van der Waals surface area contributed by atoms with Gasteiger partial charge in [0.05, 0.1) is 27.9 Å². The van der Waals surface area contributed by atoms with Gasteiger partial charge in [0.25, 0.3) is 5.91 Å². The van der Waals surface area contributed by atoms with Crippen molar-refractivity contribution in [3.05, 3.63) is 77.2 Å². The second-order valence-corrected chi connectivity index (χ2v) is 9.59. The highest BCUT2D eigenvalue weighted by molar-refractivity contribution is 6.33. The van der Waals surface area contributed by atoms with Crippen LogP contribution < -0.4 is 4.90 Å². The quantitative estimate of drug-likeness (QED) is 0.413. The van der Waals surface area contributed by atoms with Crippen LogP contribution in [-0.4, -0.2) is 69.9 Å². The van der Waals surface area contributed by atoms with Crippen molar-refractivity contribution in [1.82, 2.24) is 24.6 Å². The number of hydrogen-bond donors (Lipinski definition) is 0. The molecule has 2 aromatic carbocycles. The Kier molecular flexibility index (Phi) is 6.29. The first kappa shape index (κ1) is 22.9. The van der Waals surface area contributed by atoms with Gasteiger partial charge in [-0.3, -0.25) is 4.79 Å². The molecule has 2 saturated heterocycles. The van der Waals surface area contributed by atoms with Gasteiger partial charge in [-0.25, -0.2) is 14.6 Å². The number of fused-ring (bicyclic) bond motifs is 1. The molecular weight excluding hydrogens is 476 g/mol. The van der Waals surface area contributed by atoms with E-state index in [1.807, 2.05) is 58.2 Å². The van der Waals surface area contributed by atoms with Crippen molar-refractivity contribution >= 4 is 34.4 Å². The molecule has 0 radical (unpaired) electrons. The van der Waals surface area contributed by atoms with E-state index in [2.05, 4.69) is 10.00 Å². The molecule has 2 aromatic heterocycles. The molecule has 0 bridgehead atoms. The highest BCUT2D eigenvalue weighted by Crippen LogP contribution is 2.32. The fraction of sp³-hybridized carbons (Fsp3) is 0.333. The summed E-state index contributed by atoms with van der Waals surface area (Å²) >= 11 is 6.28. The number of ether oxygens (including phenoxy) is 1. The molecule has 4 heterocycles. The van der Waals surface area contributed by atoms with Crippen LogP contribution >= 0.6 is 11.6 Å². The number of halogens is 1. The van der Waals surface area contributed by atoms with Gasteiger partial charge in [0.2, 0.25) is 0 Å². The number of amides is 1. The summed E-state index contributed by atoms with van der Waals surface area (Å²) in [5, 5.41) is 6.08. The van der Waals surface area contributed by atoms with E-state index >= 15 is 0 Å². The smallest absolute Gasteiger partial charge is 0.255 e. The van der Waals surface area contributed by atoms with E-state index in [9.17, 15) is 4.79 Å². The summed E-state index contributed by atoms with van der Waals surface area (Å²) in [7, 11) is 0. The van der Waals surface area contributed by atoms with E-state index < -0.39 is 0 Å². The van der Waals surface area contributed by atoms with Gasteiger partial charge in [-0.2, -0.15) is 5.10 Å². The Morgan fingerprint density at radius 2 is 1.64 bits per heavy atom. The Morgan fingerprint density at radius 1 is 0.917 bits per heavy atom. The molecule has 8 nitrogen and oxygen atoms in total. The van der Waals surface area contributed by atoms with E-state index in [-0.39, 0.29) is 11.8 Å². The SMILES string of the molecule is O=C(c1ccccc1Cl)N1CCN(c2nc(C3CCOCC3)nc3c2cnn3-c2ccccc2)CC1. The van der Waals surface area contributed by atoms with E-state index in [0.717, 1.165) is 54.4 Å². The molecule has 2 aliphatic rings.